The molecular weight excluding hydrogens is 358 g/mol. The molecule has 0 spiro atoms. The van der Waals surface area contributed by atoms with Crippen LogP contribution in [0, 0.1) is 6.92 Å². The fourth-order valence-corrected chi connectivity index (χ4v) is 4.26. The molecule has 1 saturated heterocycles. The summed E-state index contributed by atoms with van der Waals surface area (Å²) in [5.41, 5.74) is 5.16. The van der Waals surface area contributed by atoms with Crippen LogP contribution in [-0.4, -0.2) is 46.1 Å². The molecule has 1 atom stereocenters. The number of aromatic nitrogens is 3. The number of rotatable bonds is 4. The Balaban J connectivity index is 1.54. The number of carbonyl (C=O) groups excluding carboxylic acids is 1. The van der Waals surface area contributed by atoms with E-state index in [9.17, 15) is 4.79 Å². The number of benzene rings is 1. The Morgan fingerprint density at radius 1 is 1.33 bits per heavy atom. The molecule has 6 nitrogen and oxygen atoms in total. The van der Waals surface area contributed by atoms with Crippen LogP contribution in [0.4, 0.5) is 5.13 Å². The average molecular weight is 382 g/mol. The highest BCUT2D eigenvalue weighted by Crippen LogP contribution is 2.33. The third kappa shape index (κ3) is 3.60. The molecule has 0 radical (unpaired) electrons. The molecule has 1 amide bonds. The number of piperidine rings is 1. The highest BCUT2D eigenvalue weighted by molar-refractivity contribution is 7.13. The quantitative estimate of drug-likeness (QED) is 0.719. The third-order valence-corrected chi connectivity index (χ3v) is 5.95. The highest BCUT2D eigenvalue weighted by Gasteiger charge is 2.29. The summed E-state index contributed by atoms with van der Waals surface area (Å²) in [7, 11) is 1.81. The smallest absolute Gasteiger partial charge is 0.273 e. The average Bonchev–Trinajstić information content (AvgIpc) is 3.38. The molecule has 2 N–H and O–H groups in total. The number of aryl methyl sites for hydroxylation is 1. The van der Waals surface area contributed by atoms with E-state index in [4.69, 9.17) is 0 Å². The van der Waals surface area contributed by atoms with E-state index in [2.05, 4.69) is 51.7 Å². The topological polar surface area (TPSA) is 73.9 Å². The Morgan fingerprint density at radius 3 is 2.89 bits per heavy atom. The lowest BCUT2D eigenvalue weighted by molar-refractivity contribution is 0.0701. The Bertz CT molecular complexity index is 930. The second kappa shape index (κ2) is 7.52. The van der Waals surface area contributed by atoms with Gasteiger partial charge in [-0.3, -0.25) is 9.89 Å². The van der Waals surface area contributed by atoms with Crippen LogP contribution < -0.4 is 5.32 Å². The first-order valence-electron chi connectivity index (χ1n) is 9.18. The summed E-state index contributed by atoms with van der Waals surface area (Å²) < 4.78 is 0. The van der Waals surface area contributed by atoms with Crippen LogP contribution in [0.25, 0.3) is 11.1 Å². The molecule has 27 heavy (non-hydrogen) atoms. The summed E-state index contributed by atoms with van der Waals surface area (Å²) in [6.07, 6.45) is 3.91. The third-order valence-electron chi connectivity index (χ3n) is 5.09. The number of hydrogen-bond donors (Lipinski definition) is 2. The maximum atomic E-state index is 12.9. The van der Waals surface area contributed by atoms with E-state index in [0.29, 0.717) is 12.2 Å². The molecule has 0 unspecified atom stereocenters. The first kappa shape index (κ1) is 17.7. The van der Waals surface area contributed by atoms with Crippen LogP contribution >= 0.6 is 11.3 Å². The van der Waals surface area contributed by atoms with Crippen LogP contribution in [0.2, 0.25) is 0 Å². The number of likely N-dealkylation sites (tertiary alicyclic amines) is 1. The summed E-state index contributed by atoms with van der Waals surface area (Å²) in [5, 5.41) is 13.1. The zero-order chi connectivity index (χ0) is 18.8. The summed E-state index contributed by atoms with van der Waals surface area (Å²) >= 11 is 1.46. The Kier molecular flexibility index (Phi) is 4.94. The van der Waals surface area contributed by atoms with Crippen molar-refractivity contribution in [2.75, 3.05) is 25.5 Å². The zero-order valence-electron chi connectivity index (χ0n) is 15.5. The van der Waals surface area contributed by atoms with Gasteiger partial charge in [0.15, 0.2) is 5.13 Å². The van der Waals surface area contributed by atoms with Crippen molar-refractivity contribution < 1.29 is 4.79 Å². The largest absolute Gasteiger partial charge is 0.365 e. The second-order valence-corrected chi connectivity index (χ2v) is 7.80. The van der Waals surface area contributed by atoms with E-state index in [1.807, 2.05) is 23.5 Å². The predicted molar refractivity (Wildman–Crippen MR) is 108 cm³/mol. The predicted octanol–water partition coefficient (Wildman–Crippen LogP) is 3.90. The van der Waals surface area contributed by atoms with Crippen molar-refractivity contribution >= 4 is 22.4 Å². The van der Waals surface area contributed by atoms with Gasteiger partial charge in [0.2, 0.25) is 0 Å². The van der Waals surface area contributed by atoms with Crippen LogP contribution in [0.5, 0.6) is 0 Å². The number of nitrogens with zero attached hydrogens (tertiary/aromatic N) is 3. The van der Waals surface area contributed by atoms with Crippen LogP contribution in [0.3, 0.4) is 0 Å². The number of anilines is 1. The van der Waals surface area contributed by atoms with E-state index in [1.165, 1.54) is 16.9 Å². The standard InChI is InChI=1S/C20H23N5OS/c1-13-5-7-14(8-6-13)16-10-22-24-18(16)15-4-3-9-25(11-15)19(26)17-12-27-20(21-2)23-17/h5-8,10,12,15H,3-4,9,11H2,1-2H3,(H,21,23)(H,22,24)/t15-/m1/s1. The summed E-state index contributed by atoms with van der Waals surface area (Å²) in [6, 6.07) is 8.49. The number of amides is 1. The lowest BCUT2D eigenvalue weighted by Crippen LogP contribution is -2.39. The molecule has 0 saturated carbocycles. The van der Waals surface area contributed by atoms with Crippen molar-refractivity contribution in [2.24, 2.45) is 0 Å². The maximum absolute atomic E-state index is 12.9. The molecule has 1 aliphatic heterocycles. The lowest BCUT2D eigenvalue weighted by Gasteiger charge is -2.32. The van der Waals surface area contributed by atoms with E-state index in [1.54, 1.807) is 0 Å². The van der Waals surface area contributed by atoms with Crippen molar-refractivity contribution in [3.05, 3.63) is 52.8 Å². The van der Waals surface area contributed by atoms with Crippen molar-refractivity contribution in [3.63, 3.8) is 0 Å². The Labute approximate surface area is 162 Å². The normalized spacial score (nSPS) is 17.1. The summed E-state index contributed by atoms with van der Waals surface area (Å²) in [5.74, 6) is 0.262. The number of aromatic amines is 1. The highest BCUT2D eigenvalue weighted by atomic mass is 32.1. The Hall–Kier alpha value is -2.67. The fourth-order valence-electron chi connectivity index (χ4n) is 3.62. The first-order valence-corrected chi connectivity index (χ1v) is 10.1. The molecule has 3 aromatic rings. The second-order valence-electron chi connectivity index (χ2n) is 6.94. The fraction of sp³-hybridized carbons (Fsp3) is 0.350. The summed E-state index contributed by atoms with van der Waals surface area (Å²) in [4.78, 5) is 19.1. The monoisotopic (exact) mass is 381 g/mol. The van der Waals surface area contributed by atoms with Crippen LogP contribution in [0.1, 0.15) is 40.5 Å². The number of hydrogen-bond acceptors (Lipinski definition) is 5. The number of carbonyl (C=O) groups is 1. The van der Waals surface area contributed by atoms with Crippen molar-refractivity contribution in [1.29, 1.82) is 0 Å². The molecule has 140 valence electrons. The van der Waals surface area contributed by atoms with Crippen molar-refractivity contribution in [2.45, 2.75) is 25.7 Å². The zero-order valence-corrected chi connectivity index (χ0v) is 16.3. The van der Waals surface area contributed by atoms with Gasteiger partial charge >= 0.3 is 0 Å². The Morgan fingerprint density at radius 2 is 2.15 bits per heavy atom. The minimum Gasteiger partial charge on any atom is -0.365 e. The van der Waals surface area contributed by atoms with Gasteiger partial charge in [0, 0.05) is 42.7 Å². The molecule has 1 fully saturated rings. The summed E-state index contributed by atoms with van der Waals surface area (Å²) in [6.45, 7) is 3.55. The molecule has 1 aromatic carbocycles. The molecule has 0 bridgehead atoms. The minimum atomic E-state index is 0.00820. The van der Waals surface area contributed by atoms with Gasteiger partial charge in [-0.05, 0) is 25.3 Å². The van der Waals surface area contributed by atoms with Gasteiger partial charge in [-0.15, -0.1) is 11.3 Å². The van der Waals surface area contributed by atoms with Crippen molar-refractivity contribution in [3.8, 4) is 11.1 Å². The number of thiazole rings is 1. The molecule has 1 aliphatic rings. The lowest BCUT2D eigenvalue weighted by atomic mass is 9.90. The van der Waals surface area contributed by atoms with Gasteiger partial charge < -0.3 is 10.2 Å². The SMILES string of the molecule is CNc1nc(C(=O)N2CCC[C@@H](c3[nH]ncc3-c3ccc(C)cc3)C2)cs1. The molecule has 3 heterocycles. The van der Waals surface area contributed by atoms with Crippen molar-refractivity contribution in [1.82, 2.24) is 20.1 Å². The van der Waals surface area contributed by atoms with Gasteiger partial charge in [-0.1, -0.05) is 29.8 Å². The van der Waals surface area contributed by atoms with E-state index < -0.39 is 0 Å². The van der Waals surface area contributed by atoms with Crippen LogP contribution in [0.15, 0.2) is 35.8 Å². The van der Waals surface area contributed by atoms with Crippen LogP contribution in [-0.2, 0) is 0 Å². The van der Waals surface area contributed by atoms with Gasteiger partial charge in [0.25, 0.3) is 5.91 Å². The number of H-pyrrole nitrogens is 1. The van der Waals surface area contributed by atoms with E-state index in [-0.39, 0.29) is 11.8 Å². The van der Waals surface area contributed by atoms with Gasteiger partial charge in [0.1, 0.15) is 5.69 Å². The van der Waals surface area contributed by atoms with Gasteiger partial charge in [-0.25, -0.2) is 4.98 Å². The molecule has 4 rings (SSSR count). The number of nitrogens with one attached hydrogen (secondary N) is 2. The van der Waals surface area contributed by atoms with E-state index in [0.717, 1.165) is 41.3 Å². The van der Waals surface area contributed by atoms with Gasteiger partial charge in [-0.2, -0.15) is 5.10 Å². The molecule has 2 aromatic heterocycles. The molecule has 7 heteroatoms. The first-order chi connectivity index (χ1) is 13.2. The minimum absolute atomic E-state index is 0.00820. The van der Waals surface area contributed by atoms with Gasteiger partial charge in [0.05, 0.1) is 6.20 Å². The maximum Gasteiger partial charge on any atom is 0.273 e. The molecular formula is C20H23N5OS. The van der Waals surface area contributed by atoms with E-state index >= 15 is 0 Å². The molecule has 0 aliphatic carbocycles.